The molecular formula is C17H16N2O2S2. The molecule has 1 N–H and O–H groups in total. The summed E-state index contributed by atoms with van der Waals surface area (Å²) in [4.78, 5) is 16.2. The maximum Gasteiger partial charge on any atom is 0.226 e. The maximum atomic E-state index is 11.8. The van der Waals surface area contributed by atoms with Gasteiger partial charge in [-0.1, -0.05) is 29.5 Å². The van der Waals surface area contributed by atoms with Crippen molar-refractivity contribution in [3.05, 3.63) is 48.5 Å². The molecule has 4 nitrogen and oxygen atoms in total. The number of carbonyl (C=O) groups excluding carboxylic acids is 1. The molecule has 3 rings (SSSR count). The van der Waals surface area contributed by atoms with Crippen LogP contribution in [0.2, 0.25) is 0 Å². The largest absolute Gasteiger partial charge is 0.457 e. The van der Waals surface area contributed by atoms with Crippen LogP contribution in [0.3, 0.4) is 0 Å². The van der Waals surface area contributed by atoms with E-state index >= 15 is 0 Å². The molecule has 1 amide bonds. The number of nitrogens with zero attached hydrogens (tertiary/aromatic N) is 1. The molecule has 1 aromatic heterocycles. The molecule has 0 saturated heterocycles. The fourth-order valence-electron chi connectivity index (χ4n) is 2.02. The van der Waals surface area contributed by atoms with Crippen molar-refractivity contribution < 1.29 is 9.53 Å². The van der Waals surface area contributed by atoms with Gasteiger partial charge in [0.15, 0.2) is 5.13 Å². The van der Waals surface area contributed by atoms with Crippen molar-refractivity contribution in [1.29, 1.82) is 0 Å². The summed E-state index contributed by atoms with van der Waals surface area (Å²) >= 11 is 3.11. The van der Waals surface area contributed by atoms with Gasteiger partial charge < -0.3 is 10.1 Å². The van der Waals surface area contributed by atoms with Gasteiger partial charge in [0, 0.05) is 18.2 Å². The Labute approximate surface area is 142 Å². The van der Waals surface area contributed by atoms with Gasteiger partial charge in [-0.15, -0.1) is 0 Å². The van der Waals surface area contributed by atoms with Crippen LogP contribution in [0.1, 0.15) is 6.42 Å². The molecule has 0 spiro atoms. The number of hydrogen-bond acceptors (Lipinski definition) is 5. The minimum absolute atomic E-state index is 0.000773. The average molecular weight is 344 g/mol. The van der Waals surface area contributed by atoms with Crippen LogP contribution < -0.4 is 10.1 Å². The molecule has 0 fully saturated rings. The second-order valence-electron chi connectivity index (χ2n) is 4.85. The molecule has 0 radical (unpaired) electrons. The number of benzene rings is 2. The average Bonchev–Trinajstić information content (AvgIpc) is 2.95. The SMILES string of the molecule is CSCCC(=O)Nc1nc2ccc(Oc3ccccc3)cc2s1. The molecule has 0 aliphatic rings. The van der Waals surface area contributed by atoms with Gasteiger partial charge in [-0.05, 0) is 30.5 Å². The highest BCUT2D eigenvalue weighted by Crippen LogP contribution is 2.31. The standard InChI is InChI=1S/C17H16N2O2S2/c1-22-10-9-16(20)19-17-18-14-8-7-13(11-15(14)23-17)21-12-5-3-2-4-6-12/h2-8,11H,9-10H2,1H3,(H,18,19,20). The van der Waals surface area contributed by atoms with Crippen LogP contribution in [0.25, 0.3) is 10.2 Å². The molecule has 0 aliphatic heterocycles. The van der Waals surface area contributed by atoms with Crippen LogP contribution in [-0.2, 0) is 4.79 Å². The van der Waals surface area contributed by atoms with E-state index in [1.807, 2.05) is 54.8 Å². The quantitative estimate of drug-likeness (QED) is 0.699. The number of para-hydroxylation sites is 1. The fourth-order valence-corrected chi connectivity index (χ4v) is 3.32. The second-order valence-corrected chi connectivity index (χ2v) is 6.87. The van der Waals surface area contributed by atoms with Crippen molar-refractivity contribution in [2.45, 2.75) is 6.42 Å². The number of ether oxygens (including phenoxy) is 1. The van der Waals surface area contributed by atoms with Crippen LogP contribution in [0.4, 0.5) is 5.13 Å². The van der Waals surface area contributed by atoms with Crippen molar-refractivity contribution >= 4 is 44.4 Å². The van der Waals surface area contributed by atoms with Crippen molar-refractivity contribution in [3.63, 3.8) is 0 Å². The lowest BCUT2D eigenvalue weighted by Crippen LogP contribution is -2.11. The highest BCUT2D eigenvalue weighted by Gasteiger charge is 2.09. The van der Waals surface area contributed by atoms with Crippen molar-refractivity contribution in [3.8, 4) is 11.5 Å². The lowest BCUT2D eigenvalue weighted by molar-refractivity contribution is -0.115. The lowest BCUT2D eigenvalue weighted by Gasteiger charge is -2.04. The van der Waals surface area contributed by atoms with Gasteiger partial charge in [0.25, 0.3) is 0 Å². The normalized spacial score (nSPS) is 10.7. The van der Waals surface area contributed by atoms with E-state index in [2.05, 4.69) is 10.3 Å². The van der Waals surface area contributed by atoms with Crippen molar-refractivity contribution in [2.24, 2.45) is 0 Å². The van der Waals surface area contributed by atoms with Crippen LogP contribution in [0.15, 0.2) is 48.5 Å². The summed E-state index contributed by atoms with van der Waals surface area (Å²) < 4.78 is 6.80. The van der Waals surface area contributed by atoms with Gasteiger partial charge in [-0.2, -0.15) is 11.8 Å². The molecule has 0 atom stereocenters. The molecule has 3 aromatic rings. The van der Waals surface area contributed by atoms with E-state index in [1.54, 1.807) is 11.8 Å². The number of nitrogens with one attached hydrogen (secondary N) is 1. The minimum Gasteiger partial charge on any atom is -0.457 e. The number of rotatable bonds is 6. The fraction of sp³-hybridized carbons (Fsp3) is 0.176. The Morgan fingerprint density at radius 1 is 1.22 bits per heavy atom. The topological polar surface area (TPSA) is 51.2 Å². The van der Waals surface area contributed by atoms with E-state index in [9.17, 15) is 4.79 Å². The highest BCUT2D eigenvalue weighted by atomic mass is 32.2. The lowest BCUT2D eigenvalue weighted by atomic mass is 10.3. The second kappa shape index (κ2) is 7.48. The van der Waals surface area contributed by atoms with Crippen LogP contribution in [-0.4, -0.2) is 22.9 Å². The Morgan fingerprint density at radius 2 is 2.04 bits per heavy atom. The third kappa shape index (κ3) is 4.24. The first-order valence-electron chi connectivity index (χ1n) is 7.17. The van der Waals surface area contributed by atoms with Crippen molar-refractivity contribution in [2.75, 3.05) is 17.3 Å². The smallest absolute Gasteiger partial charge is 0.226 e. The first kappa shape index (κ1) is 15.8. The molecule has 118 valence electrons. The molecule has 23 heavy (non-hydrogen) atoms. The summed E-state index contributed by atoms with van der Waals surface area (Å²) in [5.41, 5.74) is 0.857. The van der Waals surface area contributed by atoms with E-state index in [1.165, 1.54) is 11.3 Å². The van der Waals surface area contributed by atoms with Gasteiger partial charge in [0.05, 0.1) is 10.2 Å². The molecule has 2 aromatic carbocycles. The van der Waals surface area contributed by atoms with E-state index in [0.29, 0.717) is 11.6 Å². The predicted octanol–water partition coefficient (Wildman–Crippen LogP) is 4.78. The number of thiazole rings is 1. The maximum absolute atomic E-state index is 11.8. The molecule has 6 heteroatoms. The zero-order chi connectivity index (χ0) is 16.1. The van der Waals surface area contributed by atoms with Crippen molar-refractivity contribution in [1.82, 2.24) is 4.98 Å². The molecule has 0 unspecified atom stereocenters. The molecular weight excluding hydrogens is 328 g/mol. The highest BCUT2D eigenvalue weighted by molar-refractivity contribution is 7.98. The third-order valence-corrected chi connectivity index (χ3v) is 4.66. The first-order valence-corrected chi connectivity index (χ1v) is 9.38. The van der Waals surface area contributed by atoms with Gasteiger partial charge in [-0.3, -0.25) is 4.79 Å². The van der Waals surface area contributed by atoms with E-state index in [4.69, 9.17) is 4.74 Å². The first-order chi connectivity index (χ1) is 11.2. The summed E-state index contributed by atoms with van der Waals surface area (Å²) in [5.74, 6) is 2.36. The van der Waals surface area contributed by atoms with E-state index in [-0.39, 0.29) is 5.91 Å². The summed E-state index contributed by atoms with van der Waals surface area (Å²) in [6.07, 6.45) is 2.48. The van der Waals surface area contributed by atoms with Gasteiger partial charge in [-0.25, -0.2) is 4.98 Å². The number of hydrogen-bond donors (Lipinski definition) is 1. The number of carbonyl (C=O) groups is 1. The summed E-state index contributed by atoms with van der Waals surface area (Å²) in [7, 11) is 0. The van der Waals surface area contributed by atoms with Gasteiger partial charge >= 0.3 is 0 Å². The van der Waals surface area contributed by atoms with Crippen LogP contribution in [0, 0.1) is 0 Å². The molecule has 0 aliphatic carbocycles. The number of thioether (sulfide) groups is 1. The van der Waals surface area contributed by atoms with Gasteiger partial charge in [0.2, 0.25) is 5.91 Å². The van der Waals surface area contributed by atoms with E-state index in [0.717, 1.165) is 27.5 Å². The number of anilines is 1. The van der Waals surface area contributed by atoms with Gasteiger partial charge in [0.1, 0.15) is 11.5 Å². The Morgan fingerprint density at radius 3 is 2.83 bits per heavy atom. The van der Waals surface area contributed by atoms with Crippen LogP contribution in [0.5, 0.6) is 11.5 Å². The number of aromatic nitrogens is 1. The zero-order valence-corrected chi connectivity index (χ0v) is 14.2. The Hall–Kier alpha value is -2.05. The predicted molar refractivity (Wildman–Crippen MR) is 97.8 cm³/mol. The molecule has 1 heterocycles. The Balaban J connectivity index is 1.74. The summed E-state index contributed by atoms with van der Waals surface area (Å²) in [6.45, 7) is 0. The summed E-state index contributed by atoms with van der Waals surface area (Å²) in [5, 5.41) is 3.48. The monoisotopic (exact) mass is 344 g/mol. The zero-order valence-electron chi connectivity index (χ0n) is 12.6. The summed E-state index contributed by atoms with van der Waals surface area (Å²) in [6, 6.07) is 15.4. The Kier molecular flexibility index (Phi) is 5.15. The van der Waals surface area contributed by atoms with Crippen LogP contribution >= 0.6 is 23.1 Å². The molecule has 0 bridgehead atoms. The molecule has 0 saturated carbocycles. The number of amides is 1. The third-order valence-electron chi connectivity index (χ3n) is 3.12. The minimum atomic E-state index is -0.000773. The number of fused-ring (bicyclic) bond motifs is 1. The van der Waals surface area contributed by atoms with E-state index < -0.39 is 0 Å². The Bertz CT molecular complexity index is 803.